The van der Waals surface area contributed by atoms with E-state index in [1.807, 2.05) is 42.5 Å². The third-order valence-corrected chi connectivity index (χ3v) is 8.10. The van der Waals surface area contributed by atoms with Crippen LogP contribution in [0.5, 0.6) is 5.75 Å². The maximum atomic E-state index is 13.0. The number of aromatic nitrogens is 4. The Kier molecular flexibility index (Phi) is 7.93. The number of anilines is 1. The van der Waals surface area contributed by atoms with Crippen LogP contribution in [-0.2, 0) is 9.47 Å². The molecule has 0 bridgehead atoms. The van der Waals surface area contributed by atoms with Gasteiger partial charge in [0, 0.05) is 50.5 Å². The molecule has 0 radical (unpaired) electrons. The zero-order valence-electron chi connectivity index (χ0n) is 25.8. The Bertz CT molecular complexity index is 1610. The molecule has 0 aliphatic carbocycles. The van der Waals surface area contributed by atoms with Crippen LogP contribution in [0.1, 0.15) is 63.5 Å². The SMILES string of the molecule is CCN(O)C(=O)c1cc(-c2nc(N3C=C4CN(C(=O)OC(C)(C)C)CC4C3)nc3c2ncn3C2CCCCO2)ccc1OC. The number of imidazole rings is 1. The second-order valence-corrected chi connectivity index (χ2v) is 12.4. The fourth-order valence-electron chi connectivity index (χ4n) is 5.91. The van der Waals surface area contributed by atoms with Crippen LogP contribution in [0.3, 0.4) is 0 Å². The van der Waals surface area contributed by atoms with E-state index >= 15 is 0 Å². The second kappa shape index (κ2) is 11.7. The first kappa shape index (κ1) is 29.8. The lowest BCUT2D eigenvalue weighted by atomic mass is 10.1. The Morgan fingerprint density at radius 3 is 2.68 bits per heavy atom. The summed E-state index contributed by atoms with van der Waals surface area (Å²) in [5.41, 5.74) is 3.14. The summed E-state index contributed by atoms with van der Waals surface area (Å²) in [6, 6.07) is 5.17. The van der Waals surface area contributed by atoms with Crippen molar-refractivity contribution in [3.63, 3.8) is 0 Å². The average Bonchev–Trinajstić information content (AvgIpc) is 3.73. The molecule has 3 aliphatic rings. The van der Waals surface area contributed by atoms with Gasteiger partial charge in [-0.15, -0.1) is 0 Å². The van der Waals surface area contributed by atoms with Crippen molar-refractivity contribution in [1.29, 1.82) is 0 Å². The lowest BCUT2D eigenvalue weighted by molar-refractivity contribution is -0.0543. The number of ether oxygens (including phenoxy) is 3. The van der Waals surface area contributed by atoms with Crippen molar-refractivity contribution in [2.24, 2.45) is 5.92 Å². The first-order chi connectivity index (χ1) is 21.1. The molecule has 0 spiro atoms. The Balaban J connectivity index is 1.40. The van der Waals surface area contributed by atoms with E-state index in [0.717, 1.165) is 24.8 Å². The van der Waals surface area contributed by atoms with Gasteiger partial charge in [0.05, 0.1) is 19.0 Å². The van der Waals surface area contributed by atoms with Gasteiger partial charge in [-0.2, -0.15) is 4.98 Å². The van der Waals surface area contributed by atoms with Gasteiger partial charge in [0.25, 0.3) is 5.91 Å². The van der Waals surface area contributed by atoms with Gasteiger partial charge in [-0.1, -0.05) is 0 Å². The molecule has 2 atom stereocenters. The molecule has 5 heterocycles. The van der Waals surface area contributed by atoms with Gasteiger partial charge in [0.1, 0.15) is 28.8 Å². The van der Waals surface area contributed by atoms with E-state index in [4.69, 9.17) is 29.2 Å². The van der Waals surface area contributed by atoms with E-state index in [0.29, 0.717) is 65.4 Å². The fourth-order valence-corrected chi connectivity index (χ4v) is 5.91. The van der Waals surface area contributed by atoms with Crippen molar-refractivity contribution in [2.75, 3.05) is 44.8 Å². The molecular weight excluding hydrogens is 566 g/mol. The van der Waals surface area contributed by atoms with Crippen LogP contribution < -0.4 is 9.64 Å². The second-order valence-electron chi connectivity index (χ2n) is 12.4. The zero-order valence-corrected chi connectivity index (χ0v) is 25.8. The highest BCUT2D eigenvalue weighted by molar-refractivity contribution is 5.99. The van der Waals surface area contributed by atoms with Crippen LogP contribution in [0.4, 0.5) is 10.7 Å². The third kappa shape index (κ3) is 5.69. The molecule has 13 nitrogen and oxygen atoms in total. The number of carbonyl (C=O) groups excluding carboxylic acids is 2. The summed E-state index contributed by atoms with van der Waals surface area (Å²) < 4.78 is 19.1. The summed E-state index contributed by atoms with van der Waals surface area (Å²) in [6.45, 7) is 9.71. The lowest BCUT2D eigenvalue weighted by Crippen LogP contribution is -2.36. The molecule has 2 fully saturated rings. The Morgan fingerprint density at radius 2 is 2.00 bits per heavy atom. The molecule has 44 heavy (non-hydrogen) atoms. The largest absolute Gasteiger partial charge is 0.496 e. The molecule has 2 saturated heterocycles. The number of likely N-dealkylation sites (tertiary alicyclic amines) is 1. The maximum absolute atomic E-state index is 13.0. The summed E-state index contributed by atoms with van der Waals surface area (Å²) in [5.74, 6) is 0.373. The van der Waals surface area contributed by atoms with E-state index in [9.17, 15) is 14.8 Å². The van der Waals surface area contributed by atoms with Gasteiger partial charge in [0.15, 0.2) is 5.65 Å². The summed E-state index contributed by atoms with van der Waals surface area (Å²) in [4.78, 5) is 44.2. The molecule has 3 aromatic rings. The van der Waals surface area contributed by atoms with Crippen molar-refractivity contribution in [3.05, 3.63) is 41.9 Å². The predicted molar refractivity (Wildman–Crippen MR) is 161 cm³/mol. The quantitative estimate of drug-likeness (QED) is 0.313. The summed E-state index contributed by atoms with van der Waals surface area (Å²) >= 11 is 0. The van der Waals surface area contributed by atoms with Crippen LogP contribution in [0.15, 0.2) is 36.3 Å². The highest BCUT2D eigenvalue weighted by atomic mass is 16.6. The van der Waals surface area contributed by atoms with Gasteiger partial charge < -0.3 is 24.0 Å². The Hall–Kier alpha value is -4.23. The van der Waals surface area contributed by atoms with Crippen molar-refractivity contribution in [1.82, 2.24) is 29.5 Å². The molecule has 13 heteroatoms. The van der Waals surface area contributed by atoms with Gasteiger partial charge in [-0.25, -0.2) is 19.8 Å². The van der Waals surface area contributed by atoms with Crippen LogP contribution in [0.2, 0.25) is 0 Å². The molecule has 2 unspecified atom stereocenters. The molecule has 1 N–H and O–H groups in total. The molecule has 0 saturated carbocycles. The van der Waals surface area contributed by atoms with E-state index in [-0.39, 0.29) is 30.3 Å². The number of nitrogens with zero attached hydrogens (tertiary/aromatic N) is 7. The zero-order chi connectivity index (χ0) is 31.2. The van der Waals surface area contributed by atoms with E-state index in [1.54, 1.807) is 30.3 Å². The van der Waals surface area contributed by atoms with Crippen LogP contribution in [-0.4, -0.2) is 92.2 Å². The van der Waals surface area contributed by atoms with Gasteiger partial charge in [-0.3, -0.25) is 14.6 Å². The van der Waals surface area contributed by atoms with Gasteiger partial charge in [0.2, 0.25) is 5.95 Å². The number of hydrogen-bond donors (Lipinski definition) is 1. The maximum Gasteiger partial charge on any atom is 0.410 e. The molecule has 1 aromatic carbocycles. The van der Waals surface area contributed by atoms with E-state index in [1.165, 1.54) is 7.11 Å². The van der Waals surface area contributed by atoms with Crippen molar-refractivity contribution < 1.29 is 29.0 Å². The number of carbonyl (C=O) groups is 2. The molecular formula is C31H39N7O6. The van der Waals surface area contributed by atoms with Crippen LogP contribution in [0, 0.1) is 5.92 Å². The summed E-state index contributed by atoms with van der Waals surface area (Å²) in [6.07, 6.45) is 6.16. The van der Waals surface area contributed by atoms with Crippen molar-refractivity contribution in [2.45, 2.75) is 58.8 Å². The minimum absolute atomic E-state index is 0.121. The Morgan fingerprint density at radius 1 is 1.18 bits per heavy atom. The number of amides is 2. The fraction of sp³-hybridized carbons (Fsp3) is 0.516. The van der Waals surface area contributed by atoms with E-state index in [2.05, 4.69) is 0 Å². The number of benzene rings is 1. The monoisotopic (exact) mass is 605 g/mol. The van der Waals surface area contributed by atoms with E-state index < -0.39 is 11.5 Å². The first-order valence-corrected chi connectivity index (χ1v) is 15.1. The summed E-state index contributed by atoms with van der Waals surface area (Å²) in [5, 5.41) is 10.8. The molecule has 2 aromatic heterocycles. The minimum atomic E-state index is -0.579. The van der Waals surface area contributed by atoms with Crippen LogP contribution >= 0.6 is 0 Å². The number of hydrogen-bond acceptors (Lipinski definition) is 10. The standard InChI is InChI=1S/C31H39N7O6/c1-6-38(41)28(39)22-13-19(10-11-23(22)42-5)25-26-27(37(18-32-26)24-9-7-8-12-43-24)34-29(33-25)35-14-20-16-36(17-21(20)15-35)30(40)44-31(2,3)4/h10-11,13-14,18,21,24,41H,6-9,12,15-17H2,1-5H3. The number of methoxy groups -OCH3 is 1. The average molecular weight is 606 g/mol. The minimum Gasteiger partial charge on any atom is -0.496 e. The number of hydroxylamine groups is 2. The van der Waals surface area contributed by atoms with Gasteiger partial charge >= 0.3 is 6.09 Å². The van der Waals surface area contributed by atoms with Crippen molar-refractivity contribution in [3.8, 4) is 17.0 Å². The highest BCUT2D eigenvalue weighted by Crippen LogP contribution is 2.37. The highest BCUT2D eigenvalue weighted by Gasteiger charge is 2.38. The molecule has 6 rings (SSSR count). The Labute approximate surface area is 256 Å². The lowest BCUT2D eigenvalue weighted by Gasteiger charge is -2.25. The third-order valence-electron chi connectivity index (χ3n) is 8.10. The van der Waals surface area contributed by atoms with Crippen molar-refractivity contribution >= 4 is 29.1 Å². The molecule has 234 valence electrons. The number of rotatable bonds is 6. The predicted octanol–water partition coefficient (Wildman–Crippen LogP) is 4.62. The topological polar surface area (TPSA) is 135 Å². The summed E-state index contributed by atoms with van der Waals surface area (Å²) in [7, 11) is 1.48. The van der Waals surface area contributed by atoms with Crippen LogP contribution in [0.25, 0.3) is 22.4 Å². The smallest absolute Gasteiger partial charge is 0.410 e. The normalized spacial score (nSPS) is 20.1. The molecule has 3 aliphatic heterocycles. The number of fused-ring (bicyclic) bond motifs is 2. The first-order valence-electron chi connectivity index (χ1n) is 15.1. The molecule has 2 amide bonds. The van der Waals surface area contributed by atoms with Gasteiger partial charge in [-0.05, 0) is 70.7 Å².